The van der Waals surface area contributed by atoms with Crippen LogP contribution in [0, 0.1) is 0 Å². The Morgan fingerprint density at radius 1 is 1.20 bits per heavy atom. The number of nitrogens with one attached hydrogen (secondary N) is 1. The number of halogens is 1. The molecule has 1 heterocycles. The van der Waals surface area contributed by atoms with Crippen LogP contribution in [0.25, 0.3) is 0 Å². The fourth-order valence-electron chi connectivity index (χ4n) is 3.50. The van der Waals surface area contributed by atoms with Crippen molar-refractivity contribution in [2.45, 2.75) is 25.4 Å². The highest BCUT2D eigenvalue weighted by Gasteiger charge is 2.23. The number of anilines is 2. The molecule has 2 aromatic carbocycles. The van der Waals surface area contributed by atoms with Gasteiger partial charge in [-0.15, -0.1) is 0 Å². The lowest BCUT2D eigenvalue weighted by atomic mass is 10.1. The van der Waals surface area contributed by atoms with E-state index in [-0.39, 0.29) is 0 Å². The third kappa shape index (κ3) is 3.68. The number of nitrogens with zero attached hydrogens (tertiary/aromatic N) is 1. The van der Waals surface area contributed by atoms with Crippen molar-refractivity contribution in [1.29, 1.82) is 0 Å². The molecule has 0 saturated carbocycles. The molecule has 25 heavy (non-hydrogen) atoms. The van der Waals surface area contributed by atoms with Gasteiger partial charge in [-0.05, 0) is 76.7 Å². The largest absolute Gasteiger partial charge is 0.378 e. The SMILES string of the molecule is CN(Cc1ccsc1)c1ccc2c(c1)C(Nc1cccc(Cl)c1)CC2. The van der Waals surface area contributed by atoms with Crippen molar-refractivity contribution in [2.24, 2.45) is 0 Å². The van der Waals surface area contributed by atoms with E-state index >= 15 is 0 Å². The minimum Gasteiger partial charge on any atom is -0.378 e. The summed E-state index contributed by atoms with van der Waals surface area (Å²) in [6.07, 6.45) is 2.25. The molecule has 0 spiro atoms. The first-order valence-corrected chi connectivity index (χ1v) is 9.88. The second-order valence-electron chi connectivity index (χ2n) is 6.62. The predicted molar refractivity (Wildman–Crippen MR) is 109 cm³/mol. The van der Waals surface area contributed by atoms with Crippen molar-refractivity contribution in [2.75, 3.05) is 17.3 Å². The Morgan fingerprint density at radius 3 is 2.92 bits per heavy atom. The summed E-state index contributed by atoms with van der Waals surface area (Å²) in [6.45, 7) is 0.939. The third-order valence-corrected chi connectivity index (χ3v) is 5.78. The Balaban J connectivity index is 1.54. The summed E-state index contributed by atoms with van der Waals surface area (Å²) < 4.78 is 0. The van der Waals surface area contributed by atoms with Crippen LogP contribution in [-0.2, 0) is 13.0 Å². The Labute approximate surface area is 158 Å². The maximum atomic E-state index is 6.12. The minimum absolute atomic E-state index is 0.350. The third-order valence-electron chi connectivity index (χ3n) is 4.81. The fraction of sp³-hybridized carbons (Fsp3) is 0.238. The highest BCUT2D eigenvalue weighted by Crippen LogP contribution is 2.36. The first-order chi connectivity index (χ1) is 12.2. The molecule has 1 aromatic heterocycles. The van der Waals surface area contributed by atoms with Crippen molar-refractivity contribution in [1.82, 2.24) is 0 Å². The number of hydrogen-bond donors (Lipinski definition) is 1. The highest BCUT2D eigenvalue weighted by atomic mass is 35.5. The number of aryl methyl sites for hydroxylation is 1. The highest BCUT2D eigenvalue weighted by molar-refractivity contribution is 7.07. The Bertz CT molecular complexity index is 860. The zero-order valence-corrected chi connectivity index (χ0v) is 15.8. The van der Waals surface area contributed by atoms with Crippen molar-refractivity contribution in [3.63, 3.8) is 0 Å². The number of hydrogen-bond acceptors (Lipinski definition) is 3. The summed E-state index contributed by atoms with van der Waals surface area (Å²) in [6, 6.07) is 17.4. The van der Waals surface area contributed by atoms with Crippen LogP contribution in [0.2, 0.25) is 5.02 Å². The molecule has 1 unspecified atom stereocenters. The van der Waals surface area contributed by atoms with Crippen LogP contribution in [0.5, 0.6) is 0 Å². The molecule has 3 aromatic rings. The molecule has 0 radical (unpaired) electrons. The molecular formula is C21H21ClN2S. The quantitative estimate of drug-likeness (QED) is 0.582. The van der Waals surface area contributed by atoms with Crippen molar-refractivity contribution in [3.05, 3.63) is 81.0 Å². The first kappa shape index (κ1) is 16.5. The maximum absolute atomic E-state index is 6.12. The number of benzene rings is 2. The van der Waals surface area contributed by atoms with E-state index in [4.69, 9.17) is 11.6 Å². The second kappa shape index (κ2) is 7.11. The Morgan fingerprint density at radius 2 is 2.12 bits per heavy atom. The van der Waals surface area contributed by atoms with E-state index in [9.17, 15) is 0 Å². The van der Waals surface area contributed by atoms with Gasteiger partial charge in [0, 0.05) is 30.0 Å². The van der Waals surface area contributed by atoms with Gasteiger partial charge in [-0.25, -0.2) is 0 Å². The summed E-state index contributed by atoms with van der Waals surface area (Å²) in [5.41, 5.74) is 6.58. The van der Waals surface area contributed by atoms with Crippen LogP contribution in [0.3, 0.4) is 0 Å². The van der Waals surface area contributed by atoms with Gasteiger partial charge in [0.15, 0.2) is 0 Å². The first-order valence-electron chi connectivity index (χ1n) is 8.56. The lowest BCUT2D eigenvalue weighted by Crippen LogP contribution is -2.16. The summed E-state index contributed by atoms with van der Waals surface area (Å²) in [5, 5.41) is 8.77. The monoisotopic (exact) mass is 368 g/mol. The van der Waals surface area contributed by atoms with E-state index in [1.165, 1.54) is 22.4 Å². The van der Waals surface area contributed by atoms with Crippen LogP contribution >= 0.6 is 22.9 Å². The average Bonchev–Trinajstić information content (AvgIpc) is 3.25. The van der Waals surface area contributed by atoms with Gasteiger partial charge in [-0.1, -0.05) is 23.7 Å². The predicted octanol–water partition coefficient (Wildman–Crippen LogP) is 6.14. The molecule has 0 bridgehead atoms. The number of thiophene rings is 1. The Kier molecular flexibility index (Phi) is 4.69. The summed E-state index contributed by atoms with van der Waals surface area (Å²) in [7, 11) is 2.16. The average molecular weight is 369 g/mol. The normalized spacial score (nSPS) is 15.8. The molecule has 0 amide bonds. The summed E-state index contributed by atoms with van der Waals surface area (Å²) in [4.78, 5) is 2.32. The van der Waals surface area contributed by atoms with Crippen LogP contribution in [0.15, 0.2) is 59.3 Å². The minimum atomic E-state index is 0.350. The zero-order valence-electron chi connectivity index (χ0n) is 14.2. The smallest absolute Gasteiger partial charge is 0.0520 e. The van der Waals surface area contributed by atoms with Crippen LogP contribution in [-0.4, -0.2) is 7.05 Å². The van der Waals surface area contributed by atoms with Crippen LogP contribution in [0.1, 0.15) is 29.2 Å². The van der Waals surface area contributed by atoms with Gasteiger partial charge in [0.25, 0.3) is 0 Å². The molecule has 0 fully saturated rings. The van der Waals surface area contributed by atoms with Gasteiger partial charge < -0.3 is 10.2 Å². The van der Waals surface area contributed by atoms with Gasteiger partial charge in [0.05, 0.1) is 6.04 Å². The molecule has 0 saturated heterocycles. The van der Waals surface area contributed by atoms with Gasteiger partial charge in [0.1, 0.15) is 0 Å². The van der Waals surface area contributed by atoms with Gasteiger partial charge in [-0.3, -0.25) is 0 Å². The molecule has 1 aliphatic carbocycles. The lowest BCUT2D eigenvalue weighted by Gasteiger charge is -2.22. The topological polar surface area (TPSA) is 15.3 Å². The zero-order chi connectivity index (χ0) is 17.2. The number of rotatable bonds is 5. The maximum Gasteiger partial charge on any atom is 0.0520 e. The van der Waals surface area contributed by atoms with E-state index in [2.05, 4.69) is 58.4 Å². The molecule has 1 N–H and O–H groups in total. The molecule has 4 heteroatoms. The molecule has 128 valence electrons. The molecule has 4 rings (SSSR count). The molecule has 2 nitrogen and oxygen atoms in total. The Hall–Kier alpha value is -1.97. The van der Waals surface area contributed by atoms with E-state index in [1.54, 1.807) is 11.3 Å². The summed E-state index contributed by atoms with van der Waals surface area (Å²) >= 11 is 7.87. The van der Waals surface area contributed by atoms with Gasteiger partial charge >= 0.3 is 0 Å². The van der Waals surface area contributed by atoms with E-state index in [0.717, 1.165) is 30.1 Å². The van der Waals surface area contributed by atoms with Crippen LogP contribution < -0.4 is 10.2 Å². The van der Waals surface area contributed by atoms with E-state index < -0.39 is 0 Å². The summed E-state index contributed by atoms with van der Waals surface area (Å²) in [5.74, 6) is 0. The lowest BCUT2D eigenvalue weighted by molar-refractivity contribution is 0.761. The fourth-order valence-corrected chi connectivity index (χ4v) is 4.35. The standard InChI is InChI=1S/C21H21ClN2S/c1-24(13-15-9-10-25-14-15)19-7-5-16-6-8-21(20(16)12-19)23-18-4-2-3-17(22)11-18/h2-5,7,9-12,14,21,23H,6,8,13H2,1H3. The van der Waals surface area contributed by atoms with Crippen LogP contribution in [0.4, 0.5) is 11.4 Å². The van der Waals surface area contributed by atoms with E-state index in [1.807, 2.05) is 18.2 Å². The molecule has 0 aliphatic heterocycles. The van der Waals surface area contributed by atoms with Crippen molar-refractivity contribution >= 4 is 34.3 Å². The molecule has 1 atom stereocenters. The van der Waals surface area contributed by atoms with Crippen molar-refractivity contribution in [3.8, 4) is 0 Å². The van der Waals surface area contributed by atoms with Gasteiger partial charge in [0.2, 0.25) is 0 Å². The van der Waals surface area contributed by atoms with Gasteiger partial charge in [-0.2, -0.15) is 11.3 Å². The molecular weight excluding hydrogens is 348 g/mol. The van der Waals surface area contributed by atoms with Crippen molar-refractivity contribution < 1.29 is 0 Å². The second-order valence-corrected chi connectivity index (χ2v) is 7.83. The molecule has 1 aliphatic rings. The van der Waals surface area contributed by atoms with E-state index in [0.29, 0.717) is 6.04 Å². The number of fused-ring (bicyclic) bond motifs is 1.